The van der Waals surface area contributed by atoms with E-state index in [-0.39, 0.29) is 23.8 Å². The van der Waals surface area contributed by atoms with Gasteiger partial charge in [-0.05, 0) is 37.2 Å². The number of hydrogen-bond acceptors (Lipinski definition) is 2. The first-order valence-corrected chi connectivity index (χ1v) is 9.29. The van der Waals surface area contributed by atoms with E-state index in [0.717, 1.165) is 37.8 Å². The molecular weight excluding hydrogens is 300 g/mol. The number of likely N-dealkylation sites (tertiary alicyclic amines) is 1. The third-order valence-corrected chi connectivity index (χ3v) is 5.64. The van der Waals surface area contributed by atoms with Gasteiger partial charge in [-0.2, -0.15) is 0 Å². The number of carbonyl (C=O) groups is 2. The standard InChI is InChI=1S/C20H28N2O2/c1-15(17-10-5-6-11-17)20(24)22-13-7-12-18(22)19(23)21-14-16-8-3-2-4-9-16/h2-4,8-9,15,17-18H,5-7,10-14H2,1H3,(H,21,23)/t15?,18-/m0/s1. The zero-order valence-electron chi connectivity index (χ0n) is 14.5. The van der Waals surface area contributed by atoms with Crippen molar-refractivity contribution in [2.45, 2.75) is 58.0 Å². The van der Waals surface area contributed by atoms with Crippen molar-refractivity contribution in [1.29, 1.82) is 0 Å². The van der Waals surface area contributed by atoms with E-state index in [2.05, 4.69) is 12.2 Å². The van der Waals surface area contributed by atoms with E-state index in [4.69, 9.17) is 0 Å². The molecule has 1 aromatic rings. The van der Waals surface area contributed by atoms with Crippen LogP contribution in [0.1, 0.15) is 51.0 Å². The van der Waals surface area contributed by atoms with Crippen LogP contribution in [0, 0.1) is 11.8 Å². The molecule has 4 nitrogen and oxygen atoms in total. The molecule has 2 amide bonds. The molecule has 130 valence electrons. The Morgan fingerprint density at radius 3 is 2.54 bits per heavy atom. The van der Waals surface area contributed by atoms with Crippen LogP contribution < -0.4 is 5.32 Å². The van der Waals surface area contributed by atoms with Gasteiger partial charge in [-0.15, -0.1) is 0 Å². The Bertz CT molecular complexity index is 566. The maximum Gasteiger partial charge on any atom is 0.243 e. The van der Waals surface area contributed by atoms with Crippen LogP contribution >= 0.6 is 0 Å². The van der Waals surface area contributed by atoms with Gasteiger partial charge >= 0.3 is 0 Å². The van der Waals surface area contributed by atoms with E-state index in [9.17, 15) is 9.59 Å². The lowest BCUT2D eigenvalue weighted by Gasteiger charge is -2.29. The molecule has 2 fully saturated rings. The van der Waals surface area contributed by atoms with Crippen molar-refractivity contribution in [1.82, 2.24) is 10.2 Å². The molecule has 1 aliphatic carbocycles. The quantitative estimate of drug-likeness (QED) is 0.903. The van der Waals surface area contributed by atoms with Gasteiger partial charge in [0, 0.05) is 19.0 Å². The predicted molar refractivity (Wildman–Crippen MR) is 94.1 cm³/mol. The first kappa shape index (κ1) is 17.0. The molecule has 4 heteroatoms. The van der Waals surface area contributed by atoms with Crippen molar-refractivity contribution < 1.29 is 9.59 Å². The lowest BCUT2D eigenvalue weighted by molar-refractivity contribution is -0.142. The molecule has 0 aromatic heterocycles. The lowest BCUT2D eigenvalue weighted by Crippen LogP contribution is -2.48. The van der Waals surface area contributed by atoms with Gasteiger partial charge in [0.2, 0.25) is 11.8 Å². The molecule has 2 aliphatic rings. The van der Waals surface area contributed by atoms with Crippen LogP contribution in [-0.4, -0.2) is 29.3 Å². The molecule has 1 saturated heterocycles. The van der Waals surface area contributed by atoms with E-state index in [0.29, 0.717) is 12.5 Å². The van der Waals surface area contributed by atoms with Gasteiger partial charge in [-0.3, -0.25) is 9.59 Å². The molecule has 0 radical (unpaired) electrons. The second-order valence-electron chi connectivity index (χ2n) is 7.23. The number of benzene rings is 1. The van der Waals surface area contributed by atoms with Crippen molar-refractivity contribution >= 4 is 11.8 Å². The van der Waals surface area contributed by atoms with E-state index in [1.807, 2.05) is 35.2 Å². The highest BCUT2D eigenvalue weighted by molar-refractivity contribution is 5.89. The molecule has 0 spiro atoms. The highest BCUT2D eigenvalue weighted by Gasteiger charge is 2.38. The van der Waals surface area contributed by atoms with Crippen molar-refractivity contribution in [2.24, 2.45) is 11.8 Å². The Morgan fingerprint density at radius 1 is 1.12 bits per heavy atom. The summed E-state index contributed by atoms with van der Waals surface area (Å²) in [6, 6.07) is 9.62. The highest BCUT2D eigenvalue weighted by Crippen LogP contribution is 2.33. The van der Waals surface area contributed by atoms with Gasteiger partial charge in [0.25, 0.3) is 0 Å². The molecule has 0 bridgehead atoms. The monoisotopic (exact) mass is 328 g/mol. The SMILES string of the molecule is CC(C(=O)N1CCC[C@H]1C(=O)NCc1ccccc1)C1CCCC1. The molecule has 2 atom stereocenters. The Morgan fingerprint density at radius 2 is 1.83 bits per heavy atom. The van der Waals surface area contributed by atoms with Gasteiger partial charge < -0.3 is 10.2 Å². The van der Waals surface area contributed by atoms with Crippen LogP contribution in [0.4, 0.5) is 0 Å². The van der Waals surface area contributed by atoms with Gasteiger partial charge in [-0.1, -0.05) is 50.1 Å². The molecule has 1 aromatic carbocycles. The molecule has 24 heavy (non-hydrogen) atoms. The summed E-state index contributed by atoms with van der Waals surface area (Å²) in [6.45, 7) is 3.30. The van der Waals surface area contributed by atoms with E-state index in [1.165, 1.54) is 12.8 Å². The summed E-state index contributed by atoms with van der Waals surface area (Å²) in [5.74, 6) is 0.726. The molecular formula is C20H28N2O2. The molecule has 1 heterocycles. The van der Waals surface area contributed by atoms with Gasteiger partial charge in [0.15, 0.2) is 0 Å². The summed E-state index contributed by atoms with van der Waals surface area (Å²) in [4.78, 5) is 27.3. The number of nitrogens with zero attached hydrogens (tertiary/aromatic N) is 1. The second kappa shape index (κ2) is 7.82. The molecule has 1 aliphatic heterocycles. The smallest absolute Gasteiger partial charge is 0.243 e. The van der Waals surface area contributed by atoms with Crippen LogP contribution in [0.2, 0.25) is 0 Å². The Kier molecular flexibility index (Phi) is 5.54. The molecule has 1 N–H and O–H groups in total. The van der Waals surface area contributed by atoms with E-state index in [1.54, 1.807) is 0 Å². The van der Waals surface area contributed by atoms with Crippen LogP contribution in [0.15, 0.2) is 30.3 Å². The first-order valence-electron chi connectivity index (χ1n) is 9.29. The maximum absolute atomic E-state index is 12.9. The van der Waals surface area contributed by atoms with Gasteiger partial charge in [-0.25, -0.2) is 0 Å². The fourth-order valence-corrected chi connectivity index (χ4v) is 4.13. The normalized spacial score (nSPS) is 22.5. The fourth-order valence-electron chi connectivity index (χ4n) is 4.13. The summed E-state index contributed by atoms with van der Waals surface area (Å²) in [5, 5.41) is 3.00. The van der Waals surface area contributed by atoms with Crippen LogP contribution in [0.3, 0.4) is 0 Å². The Labute approximate surface area is 144 Å². The van der Waals surface area contributed by atoms with Crippen molar-refractivity contribution in [3.05, 3.63) is 35.9 Å². The van der Waals surface area contributed by atoms with E-state index >= 15 is 0 Å². The fraction of sp³-hybridized carbons (Fsp3) is 0.600. The highest BCUT2D eigenvalue weighted by atomic mass is 16.2. The summed E-state index contributed by atoms with van der Waals surface area (Å²) >= 11 is 0. The number of hydrogen-bond donors (Lipinski definition) is 1. The Balaban J connectivity index is 1.57. The molecule has 1 saturated carbocycles. The van der Waals surface area contributed by atoms with Crippen LogP contribution in [-0.2, 0) is 16.1 Å². The minimum Gasteiger partial charge on any atom is -0.350 e. The number of carbonyl (C=O) groups excluding carboxylic acids is 2. The Hall–Kier alpha value is -1.84. The van der Waals surface area contributed by atoms with Crippen molar-refractivity contribution in [3.63, 3.8) is 0 Å². The van der Waals surface area contributed by atoms with Crippen molar-refractivity contribution in [3.8, 4) is 0 Å². The second-order valence-corrected chi connectivity index (χ2v) is 7.23. The zero-order valence-corrected chi connectivity index (χ0v) is 14.5. The van der Waals surface area contributed by atoms with Crippen LogP contribution in [0.25, 0.3) is 0 Å². The third-order valence-electron chi connectivity index (χ3n) is 5.64. The summed E-state index contributed by atoms with van der Waals surface area (Å²) < 4.78 is 0. The lowest BCUT2D eigenvalue weighted by atomic mass is 9.91. The molecule has 3 rings (SSSR count). The van der Waals surface area contributed by atoms with Crippen molar-refractivity contribution in [2.75, 3.05) is 6.54 Å². The van der Waals surface area contributed by atoms with Crippen LogP contribution in [0.5, 0.6) is 0 Å². The topological polar surface area (TPSA) is 49.4 Å². The average Bonchev–Trinajstić information content (AvgIpc) is 3.30. The first-order chi connectivity index (χ1) is 11.7. The average molecular weight is 328 g/mol. The maximum atomic E-state index is 12.9. The van der Waals surface area contributed by atoms with Gasteiger partial charge in [0.1, 0.15) is 6.04 Å². The molecule has 1 unspecified atom stereocenters. The summed E-state index contributed by atoms with van der Waals surface area (Å²) in [7, 11) is 0. The summed E-state index contributed by atoms with van der Waals surface area (Å²) in [6.07, 6.45) is 6.50. The zero-order chi connectivity index (χ0) is 16.9. The number of nitrogens with one attached hydrogen (secondary N) is 1. The van der Waals surface area contributed by atoms with Gasteiger partial charge in [0.05, 0.1) is 0 Å². The minimum absolute atomic E-state index is 0.0108. The minimum atomic E-state index is -0.287. The van der Waals surface area contributed by atoms with E-state index < -0.39 is 0 Å². The largest absolute Gasteiger partial charge is 0.350 e. The summed E-state index contributed by atoms with van der Waals surface area (Å²) in [5.41, 5.74) is 1.08. The predicted octanol–water partition coefficient (Wildman–Crippen LogP) is 3.12. The third kappa shape index (κ3) is 3.80. The number of amides is 2. The number of rotatable bonds is 5.